The molecule has 1 aromatic rings. The van der Waals surface area contributed by atoms with E-state index in [0.717, 1.165) is 0 Å². The molecule has 3 N–H and O–H groups in total. The van der Waals surface area contributed by atoms with Crippen LogP contribution in [0.15, 0.2) is 30.3 Å². The zero-order valence-electron chi connectivity index (χ0n) is 7.90. The third kappa shape index (κ3) is 2.74. The molecule has 1 atom stereocenters. The first-order chi connectivity index (χ1) is 6.52. The quantitative estimate of drug-likeness (QED) is 0.677. The fraction of sp³-hybridized carbons (Fsp3) is 0.300. The van der Waals surface area contributed by atoms with E-state index in [-0.39, 0.29) is 6.54 Å². The first kappa shape index (κ1) is 10.5. The van der Waals surface area contributed by atoms with E-state index in [1.165, 1.54) is 0 Å². The van der Waals surface area contributed by atoms with Gasteiger partial charge in [-0.25, -0.2) is 4.79 Å². The second-order valence-electron chi connectivity index (χ2n) is 3.30. The predicted molar refractivity (Wildman–Crippen MR) is 52.0 cm³/mol. The van der Waals surface area contributed by atoms with Gasteiger partial charge in [-0.2, -0.15) is 0 Å². The molecule has 0 aliphatic rings. The minimum Gasteiger partial charge on any atom is -0.465 e. The van der Waals surface area contributed by atoms with Crippen molar-refractivity contribution >= 4 is 6.09 Å². The van der Waals surface area contributed by atoms with Gasteiger partial charge in [0.2, 0.25) is 0 Å². The topological polar surface area (TPSA) is 69.6 Å². The zero-order valence-corrected chi connectivity index (χ0v) is 7.90. The Bertz CT molecular complexity index is 308. The lowest BCUT2D eigenvalue weighted by atomic mass is 9.96. The predicted octanol–water partition coefficient (Wildman–Crippen LogP) is 1.16. The van der Waals surface area contributed by atoms with Gasteiger partial charge in [0.1, 0.15) is 5.60 Å². The Morgan fingerprint density at radius 1 is 1.43 bits per heavy atom. The van der Waals surface area contributed by atoms with E-state index in [9.17, 15) is 9.90 Å². The van der Waals surface area contributed by atoms with Crippen LogP contribution in [0.2, 0.25) is 0 Å². The highest BCUT2D eigenvalue weighted by Crippen LogP contribution is 2.18. The van der Waals surface area contributed by atoms with E-state index in [4.69, 9.17) is 5.11 Å². The van der Waals surface area contributed by atoms with Crippen LogP contribution < -0.4 is 5.32 Å². The lowest BCUT2D eigenvalue weighted by molar-refractivity contribution is 0.0566. The SMILES string of the molecule is CC(O)(CNC(=O)O)c1ccccc1. The van der Waals surface area contributed by atoms with Gasteiger partial charge < -0.3 is 15.5 Å². The molecular formula is C10H13NO3. The molecule has 0 aliphatic heterocycles. The van der Waals surface area contributed by atoms with E-state index < -0.39 is 11.7 Å². The fourth-order valence-corrected chi connectivity index (χ4v) is 1.15. The lowest BCUT2D eigenvalue weighted by Gasteiger charge is -2.23. The van der Waals surface area contributed by atoms with Gasteiger partial charge in [-0.1, -0.05) is 30.3 Å². The molecule has 1 unspecified atom stereocenters. The van der Waals surface area contributed by atoms with Crippen LogP contribution in [0.1, 0.15) is 12.5 Å². The van der Waals surface area contributed by atoms with Crippen molar-refractivity contribution in [2.75, 3.05) is 6.54 Å². The monoisotopic (exact) mass is 195 g/mol. The average Bonchev–Trinajstić information content (AvgIpc) is 2.16. The molecular weight excluding hydrogens is 182 g/mol. The Kier molecular flexibility index (Phi) is 3.09. The van der Waals surface area contributed by atoms with Gasteiger partial charge in [-0.3, -0.25) is 0 Å². The largest absolute Gasteiger partial charge is 0.465 e. The summed E-state index contributed by atoms with van der Waals surface area (Å²) >= 11 is 0. The number of aliphatic hydroxyl groups is 1. The van der Waals surface area contributed by atoms with Gasteiger partial charge in [-0.05, 0) is 12.5 Å². The molecule has 0 saturated carbocycles. The van der Waals surface area contributed by atoms with Crippen molar-refractivity contribution in [3.63, 3.8) is 0 Å². The molecule has 0 aromatic heterocycles. The van der Waals surface area contributed by atoms with E-state index in [0.29, 0.717) is 5.56 Å². The summed E-state index contributed by atoms with van der Waals surface area (Å²) in [6.45, 7) is 1.55. The van der Waals surface area contributed by atoms with E-state index in [2.05, 4.69) is 5.32 Å². The van der Waals surface area contributed by atoms with Crippen molar-refractivity contribution in [2.24, 2.45) is 0 Å². The molecule has 4 nitrogen and oxygen atoms in total. The average molecular weight is 195 g/mol. The van der Waals surface area contributed by atoms with Crippen molar-refractivity contribution in [3.05, 3.63) is 35.9 Å². The van der Waals surface area contributed by atoms with Crippen molar-refractivity contribution in [1.82, 2.24) is 5.32 Å². The van der Waals surface area contributed by atoms with Crippen molar-refractivity contribution in [1.29, 1.82) is 0 Å². The molecule has 1 amide bonds. The molecule has 1 rings (SSSR count). The smallest absolute Gasteiger partial charge is 0.404 e. The van der Waals surface area contributed by atoms with E-state index in [1.54, 1.807) is 31.2 Å². The normalized spacial score (nSPS) is 14.4. The van der Waals surface area contributed by atoms with Crippen LogP contribution >= 0.6 is 0 Å². The molecule has 0 spiro atoms. The fourth-order valence-electron chi connectivity index (χ4n) is 1.15. The van der Waals surface area contributed by atoms with Crippen molar-refractivity contribution < 1.29 is 15.0 Å². The Labute approximate surface area is 82.2 Å². The first-order valence-corrected chi connectivity index (χ1v) is 4.27. The number of amides is 1. The van der Waals surface area contributed by atoms with Crippen molar-refractivity contribution in [3.8, 4) is 0 Å². The third-order valence-electron chi connectivity index (χ3n) is 1.98. The van der Waals surface area contributed by atoms with Gasteiger partial charge in [-0.15, -0.1) is 0 Å². The van der Waals surface area contributed by atoms with Gasteiger partial charge in [0, 0.05) is 0 Å². The molecule has 0 radical (unpaired) electrons. The zero-order chi connectivity index (χ0) is 10.6. The maximum absolute atomic E-state index is 10.3. The molecule has 14 heavy (non-hydrogen) atoms. The number of carbonyl (C=O) groups is 1. The summed E-state index contributed by atoms with van der Waals surface area (Å²) in [6, 6.07) is 8.94. The summed E-state index contributed by atoms with van der Waals surface area (Å²) in [5.74, 6) is 0. The second kappa shape index (κ2) is 4.11. The summed E-state index contributed by atoms with van der Waals surface area (Å²) in [4.78, 5) is 10.3. The minimum atomic E-state index is -1.17. The second-order valence-corrected chi connectivity index (χ2v) is 3.30. The Morgan fingerprint density at radius 3 is 2.50 bits per heavy atom. The summed E-state index contributed by atoms with van der Waals surface area (Å²) in [5.41, 5.74) is -0.478. The highest BCUT2D eigenvalue weighted by atomic mass is 16.4. The number of hydrogen-bond acceptors (Lipinski definition) is 2. The van der Waals surface area contributed by atoms with Gasteiger partial charge >= 0.3 is 6.09 Å². The number of nitrogens with one attached hydrogen (secondary N) is 1. The van der Waals surface area contributed by atoms with Gasteiger partial charge in [0.15, 0.2) is 0 Å². The molecule has 0 bridgehead atoms. The maximum atomic E-state index is 10.3. The van der Waals surface area contributed by atoms with Crippen LogP contribution in [0.5, 0.6) is 0 Å². The molecule has 4 heteroatoms. The Hall–Kier alpha value is -1.55. The minimum absolute atomic E-state index is 0.0215. The molecule has 0 heterocycles. The van der Waals surface area contributed by atoms with E-state index >= 15 is 0 Å². The Balaban J connectivity index is 2.70. The number of benzene rings is 1. The van der Waals surface area contributed by atoms with Crippen LogP contribution in [-0.2, 0) is 5.60 Å². The van der Waals surface area contributed by atoms with Crippen LogP contribution in [-0.4, -0.2) is 22.9 Å². The highest BCUT2D eigenvalue weighted by Gasteiger charge is 2.22. The Morgan fingerprint density at radius 2 is 2.00 bits per heavy atom. The number of hydrogen-bond donors (Lipinski definition) is 3. The first-order valence-electron chi connectivity index (χ1n) is 4.27. The molecule has 1 aromatic carbocycles. The van der Waals surface area contributed by atoms with Crippen LogP contribution in [0.3, 0.4) is 0 Å². The van der Waals surface area contributed by atoms with Crippen LogP contribution in [0.25, 0.3) is 0 Å². The standard InChI is InChI=1S/C10H13NO3/c1-10(14,7-11-9(12)13)8-5-3-2-4-6-8/h2-6,11,14H,7H2,1H3,(H,12,13). The number of rotatable bonds is 3. The number of carboxylic acid groups (broad SMARTS) is 1. The molecule has 76 valence electrons. The summed E-state index contributed by atoms with van der Waals surface area (Å²) < 4.78 is 0. The van der Waals surface area contributed by atoms with Crippen LogP contribution in [0.4, 0.5) is 4.79 Å². The third-order valence-corrected chi connectivity index (χ3v) is 1.98. The van der Waals surface area contributed by atoms with Crippen molar-refractivity contribution in [2.45, 2.75) is 12.5 Å². The summed E-state index contributed by atoms with van der Waals surface area (Å²) in [5, 5.41) is 20.5. The lowest BCUT2D eigenvalue weighted by Crippen LogP contribution is -2.37. The highest BCUT2D eigenvalue weighted by molar-refractivity contribution is 5.64. The maximum Gasteiger partial charge on any atom is 0.404 e. The summed E-state index contributed by atoms with van der Waals surface area (Å²) in [6.07, 6.45) is -1.14. The summed E-state index contributed by atoms with van der Waals surface area (Å²) in [7, 11) is 0. The van der Waals surface area contributed by atoms with E-state index in [1.807, 2.05) is 6.07 Å². The molecule has 0 saturated heterocycles. The van der Waals surface area contributed by atoms with Crippen LogP contribution in [0, 0.1) is 0 Å². The molecule has 0 fully saturated rings. The van der Waals surface area contributed by atoms with Gasteiger partial charge in [0.25, 0.3) is 0 Å². The van der Waals surface area contributed by atoms with Gasteiger partial charge in [0.05, 0.1) is 6.54 Å². The molecule has 0 aliphatic carbocycles.